The van der Waals surface area contributed by atoms with Crippen molar-refractivity contribution in [3.63, 3.8) is 0 Å². The molecule has 3 rings (SSSR count). The van der Waals surface area contributed by atoms with Crippen LogP contribution in [0.5, 0.6) is 0 Å². The monoisotopic (exact) mass is 211 g/mol. The highest BCUT2D eigenvalue weighted by atomic mass is 15.0. The number of benzene rings is 1. The maximum Gasteiger partial charge on any atom is 0.124 e. The highest BCUT2D eigenvalue weighted by Gasteiger charge is 2.10. The largest absolute Gasteiger partial charge is 0.384 e. The fourth-order valence-corrected chi connectivity index (χ4v) is 2.43. The Kier molecular flexibility index (Phi) is 1.72. The zero-order valence-corrected chi connectivity index (χ0v) is 9.36. The molecule has 0 aliphatic heterocycles. The third-order valence-electron chi connectivity index (χ3n) is 3.08. The average Bonchev–Trinajstić information content (AvgIpc) is 2.54. The van der Waals surface area contributed by atoms with Crippen LogP contribution in [0.25, 0.3) is 21.8 Å². The third kappa shape index (κ3) is 1.05. The van der Waals surface area contributed by atoms with E-state index in [1.54, 1.807) is 0 Å². The van der Waals surface area contributed by atoms with Gasteiger partial charge >= 0.3 is 0 Å². The Morgan fingerprint density at radius 2 is 1.94 bits per heavy atom. The lowest BCUT2D eigenvalue weighted by molar-refractivity contribution is 0.998. The second-order valence-electron chi connectivity index (χ2n) is 4.10. The molecule has 0 atom stereocenters. The molecule has 3 aromatic rings. The summed E-state index contributed by atoms with van der Waals surface area (Å²) in [4.78, 5) is 4.31. The predicted octanol–water partition coefficient (Wildman–Crippen LogP) is 2.62. The third-order valence-corrected chi connectivity index (χ3v) is 3.08. The second kappa shape index (κ2) is 2.98. The van der Waals surface area contributed by atoms with Crippen molar-refractivity contribution >= 4 is 27.6 Å². The summed E-state index contributed by atoms with van der Waals surface area (Å²) < 4.78 is 2.17. The quantitative estimate of drug-likeness (QED) is 0.621. The van der Waals surface area contributed by atoms with E-state index in [2.05, 4.69) is 28.7 Å². The van der Waals surface area contributed by atoms with Gasteiger partial charge in [-0.05, 0) is 19.1 Å². The summed E-state index contributed by atoms with van der Waals surface area (Å²) >= 11 is 0. The summed E-state index contributed by atoms with van der Waals surface area (Å²) in [5, 5.41) is 2.42. The Hall–Kier alpha value is -2.03. The first-order chi connectivity index (χ1) is 7.68. The van der Waals surface area contributed by atoms with Crippen molar-refractivity contribution in [2.24, 2.45) is 7.05 Å². The van der Waals surface area contributed by atoms with Crippen molar-refractivity contribution in [3.05, 3.63) is 36.0 Å². The van der Waals surface area contributed by atoms with Gasteiger partial charge in [0.15, 0.2) is 0 Å². The number of anilines is 1. The van der Waals surface area contributed by atoms with Gasteiger partial charge in [0.05, 0.1) is 11.2 Å². The van der Waals surface area contributed by atoms with Crippen molar-refractivity contribution in [2.45, 2.75) is 6.92 Å². The van der Waals surface area contributed by atoms with Gasteiger partial charge in [0.2, 0.25) is 0 Å². The van der Waals surface area contributed by atoms with E-state index in [1.165, 1.54) is 16.3 Å². The molecule has 0 bridgehead atoms. The summed E-state index contributed by atoms with van der Waals surface area (Å²) in [5.41, 5.74) is 9.16. The van der Waals surface area contributed by atoms with Crippen molar-refractivity contribution in [1.29, 1.82) is 0 Å². The van der Waals surface area contributed by atoms with Crippen LogP contribution in [0.4, 0.5) is 5.82 Å². The number of rotatable bonds is 0. The molecule has 0 amide bonds. The van der Waals surface area contributed by atoms with Gasteiger partial charge in [0, 0.05) is 23.3 Å². The lowest BCUT2D eigenvalue weighted by atomic mass is 10.1. The Balaban J connectivity index is 2.67. The van der Waals surface area contributed by atoms with Gasteiger partial charge < -0.3 is 10.3 Å². The van der Waals surface area contributed by atoms with Crippen LogP contribution in [0.3, 0.4) is 0 Å². The number of aryl methyl sites for hydroxylation is 2. The first kappa shape index (κ1) is 9.21. The molecule has 3 heteroatoms. The molecule has 3 nitrogen and oxygen atoms in total. The van der Waals surface area contributed by atoms with Gasteiger partial charge in [0.1, 0.15) is 5.82 Å². The summed E-state index contributed by atoms with van der Waals surface area (Å²) in [6.07, 6.45) is 0. The minimum Gasteiger partial charge on any atom is -0.384 e. The zero-order chi connectivity index (χ0) is 11.3. The fourth-order valence-electron chi connectivity index (χ4n) is 2.43. The van der Waals surface area contributed by atoms with Crippen LogP contribution < -0.4 is 5.73 Å². The Bertz CT molecular complexity index is 695. The van der Waals surface area contributed by atoms with Gasteiger partial charge in [-0.1, -0.05) is 18.2 Å². The lowest BCUT2D eigenvalue weighted by Crippen LogP contribution is -1.95. The van der Waals surface area contributed by atoms with Gasteiger partial charge in [-0.3, -0.25) is 0 Å². The number of nitrogens with zero attached hydrogens (tertiary/aromatic N) is 2. The van der Waals surface area contributed by atoms with Crippen molar-refractivity contribution in [1.82, 2.24) is 9.55 Å². The number of para-hydroxylation sites is 1. The van der Waals surface area contributed by atoms with Gasteiger partial charge in [0.25, 0.3) is 0 Å². The van der Waals surface area contributed by atoms with E-state index in [4.69, 9.17) is 5.73 Å². The smallest absolute Gasteiger partial charge is 0.124 e. The summed E-state index contributed by atoms with van der Waals surface area (Å²) in [5.74, 6) is 0.585. The standard InChI is InChI=1S/C13H13N3/c1-8-13-10(7-12(14)15-8)9-5-3-4-6-11(9)16(13)2/h3-7H,1-2H3,(H2,14,15). The molecule has 0 aliphatic rings. The Morgan fingerprint density at radius 1 is 1.19 bits per heavy atom. The SMILES string of the molecule is Cc1nc(N)cc2c3ccccc3n(C)c12. The van der Waals surface area contributed by atoms with Gasteiger partial charge in [-0.2, -0.15) is 0 Å². The first-order valence-electron chi connectivity index (χ1n) is 5.29. The fraction of sp³-hybridized carbons (Fsp3) is 0.154. The summed E-state index contributed by atoms with van der Waals surface area (Å²) in [6.45, 7) is 2.00. The molecule has 0 radical (unpaired) electrons. The first-order valence-corrected chi connectivity index (χ1v) is 5.29. The molecule has 2 N–H and O–H groups in total. The highest BCUT2D eigenvalue weighted by Crippen LogP contribution is 2.30. The maximum absolute atomic E-state index is 5.80. The molecule has 2 aromatic heterocycles. The normalized spacial score (nSPS) is 11.4. The van der Waals surface area contributed by atoms with E-state index >= 15 is 0 Å². The molecule has 0 aliphatic carbocycles. The maximum atomic E-state index is 5.80. The number of aromatic nitrogens is 2. The average molecular weight is 211 g/mol. The van der Waals surface area contributed by atoms with Gasteiger partial charge in [-0.25, -0.2) is 4.98 Å². The number of pyridine rings is 1. The minimum absolute atomic E-state index is 0.585. The number of hydrogen-bond acceptors (Lipinski definition) is 2. The Morgan fingerprint density at radius 3 is 2.75 bits per heavy atom. The van der Waals surface area contributed by atoms with Gasteiger partial charge in [-0.15, -0.1) is 0 Å². The van der Waals surface area contributed by atoms with Crippen LogP contribution in [-0.4, -0.2) is 9.55 Å². The lowest BCUT2D eigenvalue weighted by Gasteiger charge is -2.01. The number of hydrogen-bond donors (Lipinski definition) is 1. The second-order valence-corrected chi connectivity index (χ2v) is 4.10. The molecule has 0 saturated carbocycles. The molecule has 0 spiro atoms. The van der Waals surface area contributed by atoms with E-state index in [-0.39, 0.29) is 0 Å². The molecule has 1 aromatic carbocycles. The minimum atomic E-state index is 0.585. The van der Waals surface area contributed by atoms with Crippen LogP contribution in [0.15, 0.2) is 30.3 Å². The molecule has 0 saturated heterocycles. The number of fused-ring (bicyclic) bond motifs is 3. The van der Waals surface area contributed by atoms with E-state index < -0.39 is 0 Å². The van der Waals surface area contributed by atoms with Crippen molar-refractivity contribution in [2.75, 3.05) is 5.73 Å². The van der Waals surface area contributed by atoms with Crippen LogP contribution in [0, 0.1) is 6.92 Å². The van der Waals surface area contributed by atoms with E-state index in [1.807, 2.05) is 25.1 Å². The van der Waals surface area contributed by atoms with Crippen LogP contribution >= 0.6 is 0 Å². The molecule has 0 fully saturated rings. The van der Waals surface area contributed by atoms with E-state index in [0.717, 1.165) is 11.2 Å². The molecule has 16 heavy (non-hydrogen) atoms. The zero-order valence-electron chi connectivity index (χ0n) is 9.36. The van der Waals surface area contributed by atoms with Crippen LogP contribution in [0.1, 0.15) is 5.69 Å². The molecule has 80 valence electrons. The topological polar surface area (TPSA) is 43.8 Å². The van der Waals surface area contributed by atoms with E-state index in [0.29, 0.717) is 5.82 Å². The van der Waals surface area contributed by atoms with Crippen molar-refractivity contribution in [3.8, 4) is 0 Å². The van der Waals surface area contributed by atoms with Crippen LogP contribution in [-0.2, 0) is 7.05 Å². The van der Waals surface area contributed by atoms with E-state index in [9.17, 15) is 0 Å². The highest BCUT2D eigenvalue weighted by molar-refractivity contribution is 6.09. The van der Waals surface area contributed by atoms with Crippen LogP contribution in [0.2, 0.25) is 0 Å². The summed E-state index contributed by atoms with van der Waals surface area (Å²) in [7, 11) is 2.07. The number of nitrogen functional groups attached to an aromatic ring is 1. The Labute approximate surface area is 93.5 Å². The predicted molar refractivity (Wildman–Crippen MR) is 67.4 cm³/mol. The van der Waals surface area contributed by atoms with Crippen molar-refractivity contribution < 1.29 is 0 Å². The summed E-state index contributed by atoms with van der Waals surface area (Å²) in [6, 6.07) is 10.3. The molecular weight excluding hydrogens is 198 g/mol. The molecular formula is C13H13N3. The molecule has 0 unspecified atom stereocenters. The number of nitrogens with two attached hydrogens (primary N) is 1. The molecule has 2 heterocycles.